The fourth-order valence-corrected chi connectivity index (χ4v) is 2.46. The molecule has 0 radical (unpaired) electrons. The molecule has 2 aromatic rings. The summed E-state index contributed by atoms with van der Waals surface area (Å²) in [6, 6.07) is 10.2. The SMILES string of the molecule is COc1cc(/C=C/C(=O)c2ccccc2Cl)cc(Br)c1O. The molecule has 0 saturated carbocycles. The van der Waals surface area contributed by atoms with E-state index in [1.807, 2.05) is 0 Å². The van der Waals surface area contributed by atoms with Gasteiger partial charge in [0.05, 0.1) is 16.6 Å². The van der Waals surface area contributed by atoms with E-state index < -0.39 is 0 Å². The van der Waals surface area contributed by atoms with Gasteiger partial charge in [-0.25, -0.2) is 0 Å². The van der Waals surface area contributed by atoms with E-state index >= 15 is 0 Å². The number of phenols is 1. The molecule has 21 heavy (non-hydrogen) atoms. The maximum Gasteiger partial charge on any atom is 0.187 e. The van der Waals surface area contributed by atoms with Crippen LogP contribution in [0.25, 0.3) is 6.08 Å². The molecule has 1 N–H and O–H groups in total. The van der Waals surface area contributed by atoms with Crippen molar-refractivity contribution in [2.24, 2.45) is 0 Å². The van der Waals surface area contributed by atoms with Crippen LogP contribution in [-0.4, -0.2) is 18.0 Å². The van der Waals surface area contributed by atoms with E-state index in [4.69, 9.17) is 16.3 Å². The molecule has 0 aromatic heterocycles. The first-order valence-electron chi connectivity index (χ1n) is 6.06. The van der Waals surface area contributed by atoms with Crippen LogP contribution in [0.2, 0.25) is 5.02 Å². The normalized spacial score (nSPS) is 10.8. The van der Waals surface area contributed by atoms with E-state index in [9.17, 15) is 9.90 Å². The lowest BCUT2D eigenvalue weighted by atomic mass is 10.1. The average Bonchev–Trinajstić information content (AvgIpc) is 2.48. The minimum Gasteiger partial charge on any atom is -0.503 e. The Balaban J connectivity index is 2.28. The summed E-state index contributed by atoms with van der Waals surface area (Å²) in [7, 11) is 1.46. The van der Waals surface area contributed by atoms with Crippen molar-refractivity contribution >= 4 is 39.4 Å². The van der Waals surface area contributed by atoms with Crippen LogP contribution < -0.4 is 4.74 Å². The highest BCUT2D eigenvalue weighted by Gasteiger charge is 2.09. The van der Waals surface area contributed by atoms with Crippen LogP contribution in [0.1, 0.15) is 15.9 Å². The Labute approximate surface area is 135 Å². The van der Waals surface area contributed by atoms with Crippen molar-refractivity contribution in [1.82, 2.24) is 0 Å². The fourth-order valence-electron chi connectivity index (χ4n) is 1.77. The van der Waals surface area contributed by atoms with Crippen molar-refractivity contribution in [3.63, 3.8) is 0 Å². The van der Waals surface area contributed by atoms with E-state index in [-0.39, 0.29) is 11.5 Å². The van der Waals surface area contributed by atoms with Crippen LogP contribution >= 0.6 is 27.5 Å². The van der Waals surface area contributed by atoms with Gasteiger partial charge in [-0.2, -0.15) is 0 Å². The Bertz CT molecular complexity index is 711. The van der Waals surface area contributed by atoms with Crippen LogP contribution in [0.15, 0.2) is 46.9 Å². The lowest BCUT2D eigenvalue weighted by Crippen LogP contribution is -1.94. The predicted octanol–water partition coefficient (Wildman–Crippen LogP) is 4.71. The average molecular weight is 368 g/mol. The first-order chi connectivity index (χ1) is 10.0. The third-order valence-electron chi connectivity index (χ3n) is 2.84. The first kappa shape index (κ1) is 15.6. The number of hydrogen-bond donors (Lipinski definition) is 1. The number of carbonyl (C=O) groups is 1. The highest BCUT2D eigenvalue weighted by atomic mass is 79.9. The molecule has 5 heteroatoms. The van der Waals surface area contributed by atoms with Gasteiger partial charge in [0.25, 0.3) is 0 Å². The summed E-state index contributed by atoms with van der Waals surface area (Å²) in [6.07, 6.45) is 3.07. The third-order valence-corrected chi connectivity index (χ3v) is 3.77. The zero-order chi connectivity index (χ0) is 15.4. The van der Waals surface area contributed by atoms with Gasteiger partial charge < -0.3 is 9.84 Å². The Morgan fingerprint density at radius 1 is 1.33 bits per heavy atom. The quantitative estimate of drug-likeness (QED) is 0.628. The minimum absolute atomic E-state index is 0.0204. The minimum atomic E-state index is -0.191. The molecule has 0 aliphatic carbocycles. The predicted molar refractivity (Wildman–Crippen MR) is 87.2 cm³/mol. The van der Waals surface area contributed by atoms with Crippen LogP contribution in [0.5, 0.6) is 11.5 Å². The lowest BCUT2D eigenvalue weighted by Gasteiger charge is -2.06. The number of rotatable bonds is 4. The number of methoxy groups -OCH3 is 1. The Morgan fingerprint density at radius 2 is 2.05 bits per heavy atom. The molecule has 3 nitrogen and oxygen atoms in total. The second kappa shape index (κ2) is 6.78. The van der Waals surface area contributed by atoms with Gasteiger partial charge in [0.15, 0.2) is 17.3 Å². The largest absolute Gasteiger partial charge is 0.503 e. The summed E-state index contributed by atoms with van der Waals surface area (Å²) < 4.78 is 5.55. The first-order valence-corrected chi connectivity index (χ1v) is 7.23. The zero-order valence-corrected chi connectivity index (χ0v) is 13.5. The van der Waals surface area contributed by atoms with Crippen LogP contribution in [0.4, 0.5) is 0 Å². The summed E-state index contributed by atoms with van der Waals surface area (Å²) in [5.41, 5.74) is 1.16. The molecule has 0 heterocycles. The molecule has 0 saturated heterocycles. The van der Waals surface area contributed by atoms with Crippen molar-refractivity contribution < 1.29 is 14.6 Å². The standard InChI is InChI=1S/C16H12BrClO3/c1-21-15-9-10(8-12(17)16(15)20)6-7-14(19)11-4-2-3-5-13(11)18/h2-9,20H,1H3/b7-6+. The molecule has 108 valence electrons. The number of hydrogen-bond acceptors (Lipinski definition) is 3. The number of ether oxygens (including phenoxy) is 1. The Morgan fingerprint density at radius 3 is 2.71 bits per heavy atom. The summed E-state index contributed by atoms with van der Waals surface area (Å²) in [5, 5.41) is 10.1. The van der Waals surface area contributed by atoms with Crippen LogP contribution in [0, 0.1) is 0 Å². The molecule has 0 atom stereocenters. The van der Waals surface area contributed by atoms with E-state index in [2.05, 4.69) is 15.9 Å². The van der Waals surface area contributed by atoms with Crippen molar-refractivity contribution in [2.75, 3.05) is 7.11 Å². The van der Waals surface area contributed by atoms with E-state index in [0.717, 1.165) is 5.56 Å². The smallest absolute Gasteiger partial charge is 0.187 e. The van der Waals surface area contributed by atoms with Gasteiger partial charge in [-0.3, -0.25) is 4.79 Å². The number of phenolic OH excluding ortho intramolecular Hbond substituents is 1. The van der Waals surface area contributed by atoms with E-state index in [1.54, 1.807) is 42.5 Å². The van der Waals surface area contributed by atoms with Crippen molar-refractivity contribution in [3.8, 4) is 11.5 Å². The zero-order valence-electron chi connectivity index (χ0n) is 11.1. The Kier molecular flexibility index (Phi) is 5.04. The highest BCUT2D eigenvalue weighted by molar-refractivity contribution is 9.10. The molecular weight excluding hydrogens is 356 g/mol. The van der Waals surface area contributed by atoms with E-state index in [1.165, 1.54) is 13.2 Å². The monoisotopic (exact) mass is 366 g/mol. The number of benzene rings is 2. The number of ketones is 1. The molecule has 2 aromatic carbocycles. The van der Waals surface area contributed by atoms with Gasteiger partial charge in [-0.05, 0) is 51.8 Å². The molecule has 0 aliphatic rings. The number of allylic oxidation sites excluding steroid dienone is 1. The second-order valence-electron chi connectivity index (χ2n) is 4.23. The summed E-state index contributed by atoms with van der Waals surface area (Å²) in [4.78, 5) is 12.1. The van der Waals surface area contributed by atoms with Crippen LogP contribution in [0.3, 0.4) is 0 Å². The molecule has 0 amide bonds. The lowest BCUT2D eigenvalue weighted by molar-refractivity contribution is 0.104. The molecule has 0 aliphatic heterocycles. The third kappa shape index (κ3) is 3.65. The van der Waals surface area contributed by atoms with Crippen LogP contribution in [-0.2, 0) is 0 Å². The van der Waals surface area contributed by atoms with Crippen molar-refractivity contribution in [1.29, 1.82) is 0 Å². The molecule has 0 fully saturated rings. The van der Waals surface area contributed by atoms with Gasteiger partial charge in [0.2, 0.25) is 0 Å². The molecule has 0 spiro atoms. The van der Waals surface area contributed by atoms with Gasteiger partial charge in [-0.1, -0.05) is 29.8 Å². The van der Waals surface area contributed by atoms with Crippen molar-refractivity contribution in [3.05, 3.63) is 63.1 Å². The Hall–Kier alpha value is -1.78. The maximum atomic E-state index is 12.1. The topological polar surface area (TPSA) is 46.5 Å². The summed E-state index contributed by atoms with van der Waals surface area (Å²) >= 11 is 9.21. The fraction of sp³-hybridized carbons (Fsp3) is 0.0625. The maximum absolute atomic E-state index is 12.1. The van der Waals surface area contributed by atoms with Gasteiger partial charge in [0, 0.05) is 5.56 Å². The summed E-state index contributed by atoms with van der Waals surface area (Å²) in [6.45, 7) is 0. The van der Waals surface area contributed by atoms with Gasteiger partial charge in [0.1, 0.15) is 0 Å². The molecule has 2 rings (SSSR count). The number of aromatic hydroxyl groups is 1. The van der Waals surface area contributed by atoms with Crippen molar-refractivity contribution in [2.45, 2.75) is 0 Å². The molecular formula is C16H12BrClO3. The van der Waals surface area contributed by atoms with E-state index in [0.29, 0.717) is 20.8 Å². The number of carbonyl (C=O) groups excluding carboxylic acids is 1. The van der Waals surface area contributed by atoms with Gasteiger partial charge >= 0.3 is 0 Å². The summed E-state index contributed by atoms with van der Waals surface area (Å²) in [5.74, 6) is 0.157. The number of halogens is 2. The van der Waals surface area contributed by atoms with Gasteiger partial charge in [-0.15, -0.1) is 0 Å². The molecule has 0 bridgehead atoms. The second-order valence-corrected chi connectivity index (χ2v) is 5.49. The molecule has 0 unspecified atom stereocenters. The highest BCUT2D eigenvalue weighted by Crippen LogP contribution is 2.35.